The van der Waals surface area contributed by atoms with E-state index in [0.29, 0.717) is 12.2 Å². The van der Waals surface area contributed by atoms with Gasteiger partial charge in [0.15, 0.2) is 0 Å². The molecule has 0 bridgehead atoms. The molecular weight excluding hydrogens is 317 g/mol. The van der Waals surface area contributed by atoms with E-state index in [9.17, 15) is 18.3 Å². The van der Waals surface area contributed by atoms with Gasteiger partial charge in [-0.1, -0.05) is 17.7 Å². The zero-order valence-electron chi connectivity index (χ0n) is 11.3. The van der Waals surface area contributed by atoms with Gasteiger partial charge in [-0.3, -0.25) is 0 Å². The Bertz CT molecular complexity index is 713. The Balaban J connectivity index is 1.85. The summed E-state index contributed by atoms with van der Waals surface area (Å²) in [7, 11) is 0. The van der Waals surface area contributed by atoms with Gasteiger partial charge in [-0.15, -0.1) is 0 Å². The van der Waals surface area contributed by atoms with Crippen LogP contribution in [-0.4, -0.2) is 5.11 Å². The second-order valence-corrected chi connectivity index (χ2v) is 5.57. The molecule has 0 saturated heterocycles. The maximum absolute atomic E-state index is 12.6. The van der Waals surface area contributed by atoms with Gasteiger partial charge in [-0.2, -0.15) is 13.2 Å². The average Bonchev–Trinajstić information content (AvgIpc) is 2.81. The molecule has 0 radical (unpaired) electrons. The number of rotatable bonds is 2. The summed E-state index contributed by atoms with van der Waals surface area (Å²) in [5.41, 5.74) is 1.03. The number of fused-ring (bicyclic) bond motifs is 1. The van der Waals surface area contributed by atoms with Crippen molar-refractivity contribution in [3.8, 4) is 11.5 Å². The van der Waals surface area contributed by atoms with Crippen molar-refractivity contribution in [1.82, 2.24) is 0 Å². The Hall–Kier alpha value is -1.72. The number of alkyl halides is 3. The molecule has 1 unspecified atom stereocenters. The molecule has 2 nitrogen and oxygen atoms in total. The fourth-order valence-electron chi connectivity index (χ4n) is 2.52. The van der Waals surface area contributed by atoms with E-state index in [2.05, 4.69) is 0 Å². The number of hydrogen-bond donors (Lipinski definition) is 1. The monoisotopic (exact) mass is 328 g/mol. The van der Waals surface area contributed by atoms with Crippen LogP contribution >= 0.6 is 11.6 Å². The molecule has 0 aromatic heterocycles. The number of benzene rings is 2. The molecule has 0 spiro atoms. The maximum Gasteiger partial charge on any atom is 0.416 e. The van der Waals surface area contributed by atoms with Crippen LogP contribution in [0.15, 0.2) is 36.4 Å². The van der Waals surface area contributed by atoms with Crippen molar-refractivity contribution in [1.29, 1.82) is 0 Å². The molecule has 1 N–H and O–H groups in total. The molecule has 22 heavy (non-hydrogen) atoms. The van der Waals surface area contributed by atoms with Gasteiger partial charge in [0, 0.05) is 0 Å². The third kappa shape index (κ3) is 2.91. The van der Waals surface area contributed by atoms with E-state index in [0.717, 1.165) is 29.7 Å². The zero-order chi connectivity index (χ0) is 15.9. The summed E-state index contributed by atoms with van der Waals surface area (Å²) in [6.07, 6.45) is -3.49. The molecule has 116 valence electrons. The number of aliphatic hydroxyl groups excluding tert-OH is 1. The van der Waals surface area contributed by atoms with Crippen molar-refractivity contribution >= 4 is 11.6 Å². The van der Waals surface area contributed by atoms with Gasteiger partial charge in [-0.05, 0) is 54.3 Å². The molecule has 0 heterocycles. The first-order valence-corrected chi connectivity index (χ1v) is 7.08. The molecule has 2 aromatic carbocycles. The standard InChI is InChI=1S/C16H12ClF3O2/c17-13-8-10(16(18,19)20)2-6-15(13)22-11-3-4-12-9(7-11)1-5-14(12)21/h2-4,6-8,14,21H,1,5H2. The van der Waals surface area contributed by atoms with Gasteiger partial charge in [0.25, 0.3) is 0 Å². The van der Waals surface area contributed by atoms with Crippen LogP contribution < -0.4 is 4.74 Å². The minimum atomic E-state index is -4.44. The van der Waals surface area contributed by atoms with Gasteiger partial charge in [0.2, 0.25) is 0 Å². The van der Waals surface area contributed by atoms with Crippen LogP contribution in [-0.2, 0) is 12.6 Å². The Morgan fingerprint density at radius 1 is 1.14 bits per heavy atom. The lowest BCUT2D eigenvalue weighted by Gasteiger charge is -2.12. The fourth-order valence-corrected chi connectivity index (χ4v) is 2.74. The molecule has 2 aromatic rings. The van der Waals surface area contributed by atoms with Crippen molar-refractivity contribution in [2.75, 3.05) is 0 Å². The zero-order valence-corrected chi connectivity index (χ0v) is 12.1. The van der Waals surface area contributed by atoms with Crippen LogP contribution in [0.2, 0.25) is 5.02 Å². The van der Waals surface area contributed by atoms with Crippen molar-refractivity contribution in [3.05, 3.63) is 58.1 Å². The molecule has 1 aliphatic carbocycles. The smallest absolute Gasteiger partial charge is 0.416 e. The van der Waals surface area contributed by atoms with Crippen molar-refractivity contribution < 1.29 is 23.0 Å². The first-order valence-electron chi connectivity index (χ1n) is 6.70. The third-order valence-corrected chi connectivity index (χ3v) is 3.94. The van der Waals surface area contributed by atoms with Crippen LogP contribution in [0.1, 0.15) is 29.2 Å². The lowest BCUT2D eigenvalue weighted by Crippen LogP contribution is -2.04. The lowest BCUT2D eigenvalue weighted by atomic mass is 10.1. The molecule has 0 aliphatic heterocycles. The van der Waals surface area contributed by atoms with E-state index in [1.165, 1.54) is 6.07 Å². The first-order chi connectivity index (χ1) is 10.3. The molecule has 1 aliphatic rings. The van der Waals surface area contributed by atoms with Gasteiger partial charge in [0.05, 0.1) is 16.7 Å². The summed E-state index contributed by atoms with van der Waals surface area (Å²) in [5, 5.41) is 9.64. The van der Waals surface area contributed by atoms with Crippen molar-refractivity contribution in [2.24, 2.45) is 0 Å². The molecule has 6 heteroatoms. The summed E-state index contributed by atoms with van der Waals surface area (Å²) in [6, 6.07) is 8.18. The van der Waals surface area contributed by atoms with Crippen molar-refractivity contribution in [3.63, 3.8) is 0 Å². The first kappa shape index (κ1) is 15.2. The maximum atomic E-state index is 12.6. The predicted molar refractivity (Wildman–Crippen MR) is 76.3 cm³/mol. The topological polar surface area (TPSA) is 29.5 Å². The summed E-state index contributed by atoms with van der Waals surface area (Å²) in [5.74, 6) is 0.641. The molecule has 0 amide bonds. The number of aryl methyl sites for hydroxylation is 1. The van der Waals surface area contributed by atoms with E-state index >= 15 is 0 Å². The van der Waals surface area contributed by atoms with E-state index < -0.39 is 17.8 Å². The van der Waals surface area contributed by atoms with Gasteiger partial charge in [-0.25, -0.2) is 0 Å². The highest BCUT2D eigenvalue weighted by atomic mass is 35.5. The molecule has 1 atom stereocenters. The largest absolute Gasteiger partial charge is 0.456 e. The lowest BCUT2D eigenvalue weighted by molar-refractivity contribution is -0.137. The number of halogens is 4. The summed E-state index contributed by atoms with van der Waals surface area (Å²) in [6.45, 7) is 0. The molecule has 0 saturated carbocycles. The number of aliphatic hydroxyl groups is 1. The summed E-state index contributed by atoms with van der Waals surface area (Å²) >= 11 is 5.86. The highest BCUT2D eigenvalue weighted by Crippen LogP contribution is 2.38. The second-order valence-electron chi connectivity index (χ2n) is 5.16. The van der Waals surface area contributed by atoms with Crippen molar-refractivity contribution in [2.45, 2.75) is 25.1 Å². The van der Waals surface area contributed by atoms with E-state index in [1.54, 1.807) is 18.2 Å². The van der Waals surface area contributed by atoms with Gasteiger partial charge < -0.3 is 9.84 Å². The highest BCUT2D eigenvalue weighted by molar-refractivity contribution is 6.32. The molecule has 3 rings (SSSR count). The van der Waals surface area contributed by atoms with Gasteiger partial charge in [0.1, 0.15) is 11.5 Å². The average molecular weight is 329 g/mol. The Morgan fingerprint density at radius 2 is 1.91 bits per heavy atom. The second kappa shape index (κ2) is 5.48. The van der Waals surface area contributed by atoms with Crippen LogP contribution in [0.25, 0.3) is 0 Å². The van der Waals surface area contributed by atoms with Crippen LogP contribution in [0.3, 0.4) is 0 Å². The highest BCUT2D eigenvalue weighted by Gasteiger charge is 2.31. The number of ether oxygens (including phenoxy) is 1. The quantitative estimate of drug-likeness (QED) is 0.828. The summed E-state index contributed by atoms with van der Waals surface area (Å²) in [4.78, 5) is 0. The Kier molecular flexibility index (Phi) is 3.78. The van der Waals surface area contributed by atoms with E-state index in [4.69, 9.17) is 16.3 Å². The minimum absolute atomic E-state index is 0.102. The van der Waals surface area contributed by atoms with Crippen LogP contribution in [0.5, 0.6) is 11.5 Å². The summed E-state index contributed by atoms with van der Waals surface area (Å²) < 4.78 is 43.3. The minimum Gasteiger partial charge on any atom is -0.456 e. The normalized spacial score (nSPS) is 17.4. The fraction of sp³-hybridized carbons (Fsp3) is 0.250. The third-order valence-electron chi connectivity index (χ3n) is 3.65. The SMILES string of the molecule is OC1CCc2cc(Oc3ccc(C(F)(F)F)cc3Cl)ccc21. The van der Waals surface area contributed by atoms with Gasteiger partial charge >= 0.3 is 6.18 Å². The Morgan fingerprint density at radius 3 is 2.59 bits per heavy atom. The van der Waals surface area contributed by atoms with E-state index in [1.807, 2.05) is 0 Å². The van der Waals surface area contributed by atoms with E-state index in [-0.39, 0.29) is 10.8 Å². The number of hydrogen-bond acceptors (Lipinski definition) is 2. The van der Waals surface area contributed by atoms with Crippen LogP contribution in [0.4, 0.5) is 13.2 Å². The Labute approximate surface area is 130 Å². The van der Waals surface area contributed by atoms with Crippen LogP contribution in [0, 0.1) is 0 Å². The predicted octanol–water partition coefficient (Wildman–Crippen LogP) is 5.13. The molecular formula is C16H12ClF3O2. The molecule has 0 fully saturated rings.